The molecule has 0 radical (unpaired) electrons. The Kier molecular flexibility index (Phi) is 8.85. The molecular formula is C20H27ClN4O3S. The summed E-state index contributed by atoms with van der Waals surface area (Å²) in [5, 5.41) is 7.84. The third-order valence-corrected chi connectivity index (χ3v) is 4.79. The van der Waals surface area contributed by atoms with E-state index in [1.54, 1.807) is 18.5 Å². The highest BCUT2D eigenvalue weighted by atomic mass is 35.5. The van der Waals surface area contributed by atoms with Gasteiger partial charge >= 0.3 is 5.97 Å². The van der Waals surface area contributed by atoms with E-state index < -0.39 is 5.97 Å². The molecule has 0 spiro atoms. The van der Waals surface area contributed by atoms with Crippen molar-refractivity contribution in [1.82, 2.24) is 19.7 Å². The molecule has 0 saturated carbocycles. The highest BCUT2D eigenvalue weighted by molar-refractivity contribution is 7.71. The molecule has 29 heavy (non-hydrogen) atoms. The molecule has 0 unspecified atom stereocenters. The third-order valence-electron chi connectivity index (χ3n) is 4.11. The number of halogens is 1. The number of rotatable bonds is 10. The Balaban J connectivity index is 2.08. The summed E-state index contributed by atoms with van der Waals surface area (Å²) < 4.78 is 9.20. The van der Waals surface area contributed by atoms with Gasteiger partial charge in [0.2, 0.25) is 5.91 Å². The molecule has 1 N–H and O–H groups in total. The number of nitrogens with zero attached hydrogens (tertiary/aromatic N) is 3. The van der Waals surface area contributed by atoms with Crippen LogP contribution < -0.4 is 5.32 Å². The number of amides is 1. The topological polar surface area (TPSA) is 78.2 Å². The van der Waals surface area contributed by atoms with Crippen LogP contribution in [0.5, 0.6) is 0 Å². The predicted molar refractivity (Wildman–Crippen MR) is 115 cm³/mol. The van der Waals surface area contributed by atoms with Gasteiger partial charge in [-0.1, -0.05) is 24.9 Å². The lowest BCUT2D eigenvalue weighted by molar-refractivity contribution is -0.147. The molecule has 1 heterocycles. The second-order valence-electron chi connectivity index (χ2n) is 6.91. The van der Waals surface area contributed by atoms with E-state index in [1.807, 2.05) is 28.8 Å². The molecule has 158 valence electrons. The third kappa shape index (κ3) is 6.97. The Labute approximate surface area is 181 Å². The number of aryl methyl sites for hydroxylation is 1. The van der Waals surface area contributed by atoms with Gasteiger partial charge in [-0.25, -0.2) is 4.68 Å². The maximum atomic E-state index is 12.1. The first-order chi connectivity index (χ1) is 13.8. The van der Waals surface area contributed by atoms with Crippen molar-refractivity contribution in [2.24, 2.45) is 0 Å². The van der Waals surface area contributed by atoms with E-state index in [9.17, 15) is 9.59 Å². The standard InChI is InChI=1S/C20H27ClN4O3S/c1-4-5-11-24-19(15-6-8-16(21)9-7-15)23-25(20(24)29)12-10-17(26)22-13-18(27)28-14(2)3/h6-9,14H,4-5,10-13H2,1-3H3,(H,22,26). The predicted octanol–water partition coefficient (Wildman–Crippen LogP) is 3.99. The van der Waals surface area contributed by atoms with Crippen molar-refractivity contribution in [3.63, 3.8) is 0 Å². The molecule has 0 aliphatic heterocycles. The molecule has 1 amide bonds. The summed E-state index contributed by atoms with van der Waals surface area (Å²) in [6.07, 6.45) is 1.95. The van der Waals surface area contributed by atoms with Crippen molar-refractivity contribution >= 4 is 35.7 Å². The largest absolute Gasteiger partial charge is 0.462 e. The van der Waals surface area contributed by atoms with E-state index in [2.05, 4.69) is 17.3 Å². The molecule has 9 heteroatoms. The van der Waals surface area contributed by atoms with E-state index >= 15 is 0 Å². The average molecular weight is 439 g/mol. The van der Waals surface area contributed by atoms with Gasteiger partial charge in [-0.05, 0) is 56.8 Å². The maximum Gasteiger partial charge on any atom is 0.325 e. The number of carbonyl (C=O) groups is 2. The van der Waals surface area contributed by atoms with Crippen LogP contribution in [0.2, 0.25) is 5.02 Å². The lowest BCUT2D eigenvalue weighted by Crippen LogP contribution is -2.32. The van der Waals surface area contributed by atoms with Gasteiger partial charge in [0, 0.05) is 23.6 Å². The van der Waals surface area contributed by atoms with Crippen LogP contribution in [-0.4, -0.2) is 38.9 Å². The molecule has 0 atom stereocenters. The zero-order chi connectivity index (χ0) is 21.4. The number of benzene rings is 1. The minimum atomic E-state index is -0.459. The number of hydrogen-bond acceptors (Lipinski definition) is 5. The molecule has 0 bridgehead atoms. The fourth-order valence-corrected chi connectivity index (χ4v) is 3.12. The SMILES string of the molecule is CCCCn1c(-c2ccc(Cl)cc2)nn(CCC(=O)NCC(=O)OC(C)C)c1=S. The normalized spacial score (nSPS) is 10.9. The molecule has 2 aromatic rings. The smallest absolute Gasteiger partial charge is 0.325 e. The number of hydrogen-bond donors (Lipinski definition) is 1. The van der Waals surface area contributed by atoms with Crippen molar-refractivity contribution in [2.45, 2.75) is 59.2 Å². The van der Waals surface area contributed by atoms with Gasteiger partial charge in [0.05, 0.1) is 12.6 Å². The Hall–Kier alpha value is -2.19. The first-order valence-electron chi connectivity index (χ1n) is 9.71. The van der Waals surface area contributed by atoms with Crippen LogP contribution >= 0.6 is 23.8 Å². The van der Waals surface area contributed by atoms with Crippen LogP contribution in [0, 0.1) is 4.77 Å². The summed E-state index contributed by atoms with van der Waals surface area (Å²) in [4.78, 5) is 23.6. The zero-order valence-electron chi connectivity index (χ0n) is 17.0. The molecule has 0 aliphatic rings. The van der Waals surface area contributed by atoms with Crippen molar-refractivity contribution in [3.8, 4) is 11.4 Å². The summed E-state index contributed by atoms with van der Waals surface area (Å²) >= 11 is 11.6. The minimum absolute atomic E-state index is 0.149. The van der Waals surface area contributed by atoms with Crippen LogP contribution in [0.3, 0.4) is 0 Å². The minimum Gasteiger partial charge on any atom is -0.462 e. The number of ether oxygens (including phenoxy) is 1. The van der Waals surface area contributed by atoms with E-state index in [0.29, 0.717) is 16.3 Å². The number of esters is 1. The van der Waals surface area contributed by atoms with Crippen LogP contribution in [-0.2, 0) is 27.4 Å². The van der Waals surface area contributed by atoms with Crippen molar-refractivity contribution < 1.29 is 14.3 Å². The van der Waals surface area contributed by atoms with E-state index in [0.717, 1.165) is 30.8 Å². The van der Waals surface area contributed by atoms with Gasteiger partial charge in [0.15, 0.2) is 10.6 Å². The van der Waals surface area contributed by atoms with Crippen LogP contribution in [0.25, 0.3) is 11.4 Å². The number of nitrogens with one attached hydrogen (secondary N) is 1. The summed E-state index contributed by atoms with van der Waals surface area (Å²) in [6, 6.07) is 7.43. The fraction of sp³-hybridized carbons (Fsp3) is 0.500. The van der Waals surface area contributed by atoms with E-state index in [4.69, 9.17) is 28.6 Å². The van der Waals surface area contributed by atoms with E-state index in [-0.39, 0.29) is 25.0 Å². The molecule has 1 aromatic heterocycles. The summed E-state index contributed by atoms with van der Waals surface area (Å²) in [7, 11) is 0. The molecule has 1 aromatic carbocycles. The van der Waals surface area contributed by atoms with Crippen molar-refractivity contribution in [2.75, 3.05) is 6.54 Å². The Bertz CT molecular complexity index is 890. The summed E-state index contributed by atoms with van der Waals surface area (Å²) in [5.74, 6) is 0.0311. The van der Waals surface area contributed by atoms with E-state index in [1.165, 1.54) is 0 Å². The lowest BCUT2D eigenvalue weighted by Gasteiger charge is -2.08. The fourth-order valence-electron chi connectivity index (χ4n) is 2.69. The number of carbonyl (C=O) groups excluding carboxylic acids is 2. The molecular weight excluding hydrogens is 412 g/mol. The van der Waals surface area contributed by atoms with Gasteiger partial charge in [-0.15, -0.1) is 0 Å². The molecule has 7 nitrogen and oxygen atoms in total. The zero-order valence-corrected chi connectivity index (χ0v) is 18.6. The second-order valence-corrected chi connectivity index (χ2v) is 7.71. The van der Waals surface area contributed by atoms with Crippen molar-refractivity contribution in [3.05, 3.63) is 34.1 Å². The van der Waals surface area contributed by atoms with Gasteiger partial charge in [0.25, 0.3) is 0 Å². The maximum absolute atomic E-state index is 12.1. The lowest BCUT2D eigenvalue weighted by atomic mass is 10.2. The molecule has 0 saturated heterocycles. The monoisotopic (exact) mass is 438 g/mol. The number of unbranched alkanes of at least 4 members (excludes halogenated alkanes) is 1. The van der Waals surface area contributed by atoms with Crippen LogP contribution in [0.4, 0.5) is 0 Å². The average Bonchev–Trinajstić information content (AvgIpc) is 2.98. The van der Waals surface area contributed by atoms with Gasteiger partial charge in [-0.3, -0.25) is 14.2 Å². The summed E-state index contributed by atoms with van der Waals surface area (Å²) in [5.41, 5.74) is 0.913. The van der Waals surface area contributed by atoms with Gasteiger partial charge in [0.1, 0.15) is 6.54 Å². The van der Waals surface area contributed by atoms with Crippen molar-refractivity contribution in [1.29, 1.82) is 0 Å². The second kappa shape index (κ2) is 11.1. The number of aromatic nitrogens is 3. The van der Waals surface area contributed by atoms with Crippen LogP contribution in [0.15, 0.2) is 24.3 Å². The Morgan fingerprint density at radius 2 is 1.93 bits per heavy atom. The van der Waals surface area contributed by atoms with Crippen LogP contribution in [0.1, 0.15) is 40.0 Å². The Morgan fingerprint density at radius 1 is 1.24 bits per heavy atom. The molecule has 0 fully saturated rings. The highest BCUT2D eigenvalue weighted by Gasteiger charge is 2.14. The quantitative estimate of drug-likeness (QED) is 0.448. The molecule has 0 aliphatic carbocycles. The Morgan fingerprint density at radius 3 is 2.55 bits per heavy atom. The molecule has 2 rings (SSSR count). The first kappa shape index (κ1) is 23.1. The first-order valence-corrected chi connectivity index (χ1v) is 10.5. The highest BCUT2D eigenvalue weighted by Crippen LogP contribution is 2.21. The van der Waals surface area contributed by atoms with Gasteiger partial charge in [-0.2, -0.15) is 5.10 Å². The summed E-state index contributed by atoms with van der Waals surface area (Å²) in [6.45, 7) is 6.56. The van der Waals surface area contributed by atoms with Gasteiger partial charge < -0.3 is 10.1 Å².